The smallest absolute Gasteiger partial charge is 0.257 e. The number of nitrogens with one attached hydrogen (secondary N) is 2. The number of pyridine rings is 1. The number of rotatable bonds is 6. The van der Waals surface area contributed by atoms with E-state index < -0.39 is 0 Å². The van der Waals surface area contributed by atoms with Crippen LogP contribution in [0.2, 0.25) is 0 Å². The lowest BCUT2D eigenvalue weighted by molar-refractivity contribution is -0.114. The molecule has 0 spiro atoms. The molecule has 1 aromatic carbocycles. The molecule has 0 atom stereocenters. The molecular formula is C17H19N3O3. The fourth-order valence-electron chi connectivity index (χ4n) is 2.00. The quantitative estimate of drug-likeness (QED) is 0.858. The third-order valence-corrected chi connectivity index (χ3v) is 3.02. The first-order valence-electron chi connectivity index (χ1n) is 7.32. The number of aromatic nitrogens is 1. The lowest BCUT2D eigenvalue weighted by Gasteiger charge is -2.10. The third kappa shape index (κ3) is 4.81. The largest absolute Gasteiger partial charge is 0.477 e. The SMILES string of the molecule is CCOc1ncccc1C(=O)NCc1ccc(NC(C)=O)cc1. The minimum atomic E-state index is -0.243. The van der Waals surface area contributed by atoms with Gasteiger partial charge in [0.1, 0.15) is 5.56 Å². The second-order valence-corrected chi connectivity index (χ2v) is 4.85. The Kier molecular flexibility index (Phi) is 5.68. The summed E-state index contributed by atoms with van der Waals surface area (Å²) in [6.45, 7) is 4.12. The molecule has 0 radical (unpaired) electrons. The van der Waals surface area contributed by atoms with Gasteiger partial charge in [0.15, 0.2) is 0 Å². The van der Waals surface area contributed by atoms with E-state index in [9.17, 15) is 9.59 Å². The van der Waals surface area contributed by atoms with Crippen LogP contribution in [0, 0.1) is 0 Å². The molecule has 2 aromatic rings. The number of hydrogen-bond donors (Lipinski definition) is 2. The Labute approximate surface area is 134 Å². The van der Waals surface area contributed by atoms with Crippen LogP contribution in [0.5, 0.6) is 5.88 Å². The molecule has 23 heavy (non-hydrogen) atoms. The summed E-state index contributed by atoms with van der Waals surface area (Å²) >= 11 is 0. The van der Waals surface area contributed by atoms with Gasteiger partial charge < -0.3 is 15.4 Å². The van der Waals surface area contributed by atoms with Gasteiger partial charge in [-0.25, -0.2) is 4.98 Å². The molecule has 1 heterocycles. The number of ether oxygens (including phenoxy) is 1. The number of benzene rings is 1. The molecule has 2 amide bonds. The van der Waals surface area contributed by atoms with Gasteiger partial charge in [0.2, 0.25) is 11.8 Å². The predicted molar refractivity (Wildman–Crippen MR) is 87.3 cm³/mol. The molecule has 0 bridgehead atoms. The molecule has 0 saturated carbocycles. The van der Waals surface area contributed by atoms with Crippen LogP contribution in [0.3, 0.4) is 0 Å². The maximum atomic E-state index is 12.2. The fraction of sp³-hybridized carbons (Fsp3) is 0.235. The Morgan fingerprint density at radius 2 is 1.91 bits per heavy atom. The van der Waals surface area contributed by atoms with Crippen LogP contribution in [-0.2, 0) is 11.3 Å². The molecule has 0 aliphatic carbocycles. The minimum Gasteiger partial charge on any atom is -0.477 e. The summed E-state index contributed by atoms with van der Waals surface area (Å²) in [4.78, 5) is 27.3. The van der Waals surface area contributed by atoms with Crippen molar-refractivity contribution in [2.45, 2.75) is 20.4 Å². The molecule has 0 fully saturated rings. The Balaban J connectivity index is 1.98. The van der Waals surface area contributed by atoms with Crippen molar-refractivity contribution in [3.63, 3.8) is 0 Å². The molecule has 0 unspecified atom stereocenters. The first-order valence-corrected chi connectivity index (χ1v) is 7.32. The first-order chi connectivity index (χ1) is 11.1. The van der Waals surface area contributed by atoms with Crippen molar-refractivity contribution < 1.29 is 14.3 Å². The summed E-state index contributed by atoms with van der Waals surface area (Å²) in [5, 5.41) is 5.52. The topological polar surface area (TPSA) is 80.3 Å². The van der Waals surface area contributed by atoms with E-state index in [0.717, 1.165) is 11.3 Å². The van der Waals surface area contributed by atoms with Crippen molar-refractivity contribution in [1.29, 1.82) is 0 Å². The van der Waals surface area contributed by atoms with Crippen molar-refractivity contribution in [3.05, 3.63) is 53.7 Å². The average Bonchev–Trinajstić information content (AvgIpc) is 2.54. The number of carbonyl (C=O) groups is 2. The van der Waals surface area contributed by atoms with Crippen LogP contribution in [-0.4, -0.2) is 23.4 Å². The van der Waals surface area contributed by atoms with Gasteiger partial charge in [-0.1, -0.05) is 12.1 Å². The highest BCUT2D eigenvalue weighted by atomic mass is 16.5. The summed E-state index contributed by atoms with van der Waals surface area (Å²) < 4.78 is 5.35. The van der Waals surface area contributed by atoms with E-state index in [-0.39, 0.29) is 11.8 Å². The molecule has 120 valence electrons. The van der Waals surface area contributed by atoms with Gasteiger partial charge in [0.25, 0.3) is 5.91 Å². The van der Waals surface area contributed by atoms with Gasteiger partial charge in [-0.2, -0.15) is 0 Å². The van der Waals surface area contributed by atoms with E-state index in [4.69, 9.17) is 4.74 Å². The molecule has 0 aliphatic rings. The average molecular weight is 313 g/mol. The van der Waals surface area contributed by atoms with Crippen LogP contribution in [0.25, 0.3) is 0 Å². The van der Waals surface area contributed by atoms with Crippen LogP contribution in [0.4, 0.5) is 5.69 Å². The van der Waals surface area contributed by atoms with Gasteiger partial charge in [-0.15, -0.1) is 0 Å². The lowest BCUT2D eigenvalue weighted by atomic mass is 10.2. The van der Waals surface area contributed by atoms with E-state index in [1.165, 1.54) is 6.92 Å². The van der Waals surface area contributed by atoms with Crippen molar-refractivity contribution in [2.75, 3.05) is 11.9 Å². The second kappa shape index (κ2) is 7.93. The van der Waals surface area contributed by atoms with E-state index in [1.807, 2.05) is 19.1 Å². The Bertz CT molecular complexity index is 684. The van der Waals surface area contributed by atoms with Crippen molar-refractivity contribution in [1.82, 2.24) is 10.3 Å². The maximum absolute atomic E-state index is 12.2. The standard InChI is InChI=1S/C17H19N3O3/c1-3-23-17-15(5-4-10-18-17)16(22)19-11-13-6-8-14(9-7-13)20-12(2)21/h4-10H,3,11H2,1-2H3,(H,19,22)(H,20,21). The number of nitrogens with zero attached hydrogens (tertiary/aromatic N) is 1. The van der Waals surface area contributed by atoms with Crippen LogP contribution < -0.4 is 15.4 Å². The number of amides is 2. The molecule has 6 nitrogen and oxygen atoms in total. The number of carbonyl (C=O) groups excluding carboxylic acids is 2. The Morgan fingerprint density at radius 3 is 2.57 bits per heavy atom. The zero-order valence-electron chi connectivity index (χ0n) is 13.1. The van der Waals surface area contributed by atoms with E-state index >= 15 is 0 Å². The van der Waals surface area contributed by atoms with Gasteiger partial charge in [0, 0.05) is 25.4 Å². The molecule has 2 rings (SSSR count). The Morgan fingerprint density at radius 1 is 1.17 bits per heavy atom. The van der Waals surface area contributed by atoms with Gasteiger partial charge in [-0.3, -0.25) is 9.59 Å². The summed E-state index contributed by atoms with van der Waals surface area (Å²) in [7, 11) is 0. The number of hydrogen-bond acceptors (Lipinski definition) is 4. The number of anilines is 1. The van der Waals surface area contributed by atoms with Gasteiger partial charge in [-0.05, 0) is 36.8 Å². The first kappa shape index (κ1) is 16.5. The molecule has 6 heteroatoms. The highest BCUT2D eigenvalue weighted by Gasteiger charge is 2.12. The third-order valence-electron chi connectivity index (χ3n) is 3.02. The van der Waals surface area contributed by atoms with Crippen LogP contribution >= 0.6 is 0 Å². The Hall–Kier alpha value is -2.89. The van der Waals surface area contributed by atoms with Crippen LogP contribution in [0.15, 0.2) is 42.6 Å². The molecule has 0 saturated heterocycles. The van der Waals surface area contributed by atoms with Gasteiger partial charge >= 0.3 is 0 Å². The minimum absolute atomic E-state index is 0.119. The monoisotopic (exact) mass is 313 g/mol. The van der Waals surface area contributed by atoms with Gasteiger partial charge in [0.05, 0.1) is 6.61 Å². The van der Waals surface area contributed by atoms with E-state index in [1.54, 1.807) is 30.5 Å². The molecule has 1 aromatic heterocycles. The van der Waals surface area contributed by atoms with Crippen molar-refractivity contribution in [2.24, 2.45) is 0 Å². The molecule has 0 aliphatic heterocycles. The molecular weight excluding hydrogens is 294 g/mol. The van der Waals surface area contributed by atoms with Crippen molar-refractivity contribution >= 4 is 17.5 Å². The summed E-state index contributed by atoms with van der Waals surface area (Å²) in [5.41, 5.74) is 2.05. The van der Waals surface area contributed by atoms with E-state index in [2.05, 4.69) is 15.6 Å². The maximum Gasteiger partial charge on any atom is 0.257 e. The normalized spacial score (nSPS) is 10.0. The highest BCUT2D eigenvalue weighted by Crippen LogP contribution is 2.14. The van der Waals surface area contributed by atoms with E-state index in [0.29, 0.717) is 24.6 Å². The summed E-state index contributed by atoms with van der Waals surface area (Å²) in [5.74, 6) is -0.0351. The second-order valence-electron chi connectivity index (χ2n) is 4.85. The lowest BCUT2D eigenvalue weighted by Crippen LogP contribution is -2.23. The zero-order valence-corrected chi connectivity index (χ0v) is 13.1. The highest BCUT2D eigenvalue weighted by molar-refractivity contribution is 5.96. The fourth-order valence-corrected chi connectivity index (χ4v) is 2.00. The summed E-state index contributed by atoms with van der Waals surface area (Å²) in [6.07, 6.45) is 1.59. The van der Waals surface area contributed by atoms with Crippen molar-refractivity contribution in [3.8, 4) is 5.88 Å². The predicted octanol–water partition coefficient (Wildman–Crippen LogP) is 2.37. The van der Waals surface area contributed by atoms with Crippen LogP contribution in [0.1, 0.15) is 29.8 Å². The molecule has 2 N–H and O–H groups in total. The summed E-state index contributed by atoms with van der Waals surface area (Å²) in [6, 6.07) is 10.6. The zero-order chi connectivity index (χ0) is 16.7.